The smallest absolute Gasteiger partial charge is 0.305 e. The number of carbonyl (C=O) groups is 2. The SMILES string of the molecule is CC(C)OCCCNc1c(N[C@@H](CC(=O)O)c2ccc(NC(=O)c3c(Cl)cncc3Cl)cc2)c(=O)c1=O. The number of nitrogens with one attached hydrogen (secondary N) is 3. The molecule has 10 nitrogen and oxygen atoms in total. The zero-order valence-corrected chi connectivity index (χ0v) is 21.7. The Hall–Kier alpha value is -3.47. The lowest BCUT2D eigenvalue weighted by Gasteiger charge is -2.22. The number of benzene rings is 1. The van der Waals surface area contributed by atoms with Crippen LogP contribution in [0.15, 0.2) is 46.2 Å². The van der Waals surface area contributed by atoms with Crippen LogP contribution in [0.2, 0.25) is 10.0 Å². The number of aromatic nitrogens is 1. The summed E-state index contributed by atoms with van der Waals surface area (Å²) in [6, 6.07) is 5.55. The number of carboxylic acid groups (broad SMARTS) is 1. The minimum Gasteiger partial charge on any atom is -0.481 e. The summed E-state index contributed by atoms with van der Waals surface area (Å²) in [6.07, 6.45) is 2.97. The number of halogens is 2. The van der Waals surface area contributed by atoms with Gasteiger partial charge < -0.3 is 25.8 Å². The molecule has 0 bridgehead atoms. The van der Waals surface area contributed by atoms with Crippen molar-refractivity contribution < 1.29 is 19.4 Å². The van der Waals surface area contributed by atoms with Crippen LogP contribution in [0.1, 0.15) is 48.7 Å². The van der Waals surface area contributed by atoms with Gasteiger partial charge in [0.05, 0.1) is 34.2 Å². The predicted molar refractivity (Wildman–Crippen MR) is 143 cm³/mol. The molecule has 1 heterocycles. The van der Waals surface area contributed by atoms with Crippen LogP contribution in [0, 0.1) is 0 Å². The summed E-state index contributed by atoms with van der Waals surface area (Å²) in [5.41, 5.74) is -0.195. The van der Waals surface area contributed by atoms with Crippen LogP contribution < -0.4 is 26.8 Å². The first kappa shape index (κ1) is 28.1. The van der Waals surface area contributed by atoms with Gasteiger partial charge in [-0.25, -0.2) is 0 Å². The fraction of sp³-hybridized carbons (Fsp3) is 0.320. The van der Waals surface area contributed by atoms with Crippen molar-refractivity contribution >= 4 is 52.1 Å². The van der Waals surface area contributed by atoms with E-state index in [0.717, 1.165) is 0 Å². The van der Waals surface area contributed by atoms with E-state index in [1.54, 1.807) is 24.3 Å². The fourth-order valence-corrected chi connectivity index (χ4v) is 4.06. The van der Waals surface area contributed by atoms with E-state index >= 15 is 0 Å². The molecule has 0 fully saturated rings. The molecule has 2 aromatic carbocycles. The van der Waals surface area contributed by atoms with E-state index in [0.29, 0.717) is 30.8 Å². The summed E-state index contributed by atoms with van der Waals surface area (Å²) in [7, 11) is 0. The van der Waals surface area contributed by atoms with Crippen molar-refractivity contribution in [2.24, 2.45) is 0 Å². The third-order valence-corrected chi connectivity index (χ3v) is 5.91. The summed E-state index contributed by atoms with van der Waals surface area (Å²) >= 11 is 12.1. The Balaban J connectivity index is 1.71. The molecule has 0 saturated heterocycles. The second-order valence-corrected chi connectivity index (χ2v) is 9.27. The number of carbonyl (C=O) groups excluding carboxylic acids is 1. The van der Waals surface area contributed by atoms with Crippen molar-refractivity contribution in [3.05, 3.63) is 78.3 Å². The molecule has 0 aliphatic rings. The molecule has 0 unspecified atom stereocenters. The molecule has 0 saturated carbocycles. The number of hydrogen-bond donors (Lipinski definition) is 4. The van der Waals surface area contributed by atoms with Crippen LogP contribution in [0.25, 0.3) is 0 Å². The van der Waals surface area contributed by atoms with Gasteiger partial charge in [0.15, 0.2) is 0 Å². The van der Waals surface area contributed by atoms with Crippen LogP contribution in [-0.4, -0.2) is 41.2 Å². The Morgan fingerprint density at radius 2 is 1.65 bits per heavy atom. The number of nitrogens with zero attached hydrogens (tertiary/aromatic N) is 1. The molecule has 196 valence electrons. The molecular weight excluding hydrogens is 523 g/mol. The molecule has 0 aliphatic heterocycles. The Kier molecular flexibility index (Phi) is 9.62. The molecule has 1 atom stereocenters. The molecule has 1 aromatic heterocycles. The number of anilines is 3. The minimum atomic E-state index is -1.10. The van der Waals surface area contributed by atoms with Gasteiger partial charge in [0.2, 0.25) is 0 Å². The van der Waals surface area contributed by atoms with Crippen molar-refractivity contribution in [3.8, 4) is 0 Å². The van der Waals surface area contributed by atoms with Gasteiger partial charge in [-0.1, -0.05) is 35.3 Å². The first-order valence-corrected chi connectivity index (χ1v) is 12.2. The second kappa shape index (κ2) is 12.7. The van der Waals surface area contributed by atoms with Crippen LogP contribution in [0.3, 0.4) is 0 Å². The monoisotopic (exact) mass is 548 g/mol. The zero-order chi connectivity index (χ0) is 27.1. The maximum Gasteiger partial charge on any atom is 0.305 e. The molecule has 4 N–H and O–H groups in total. The number of ether oxygens (including phenoxy) is 1. The largest absolute Gasteiger partial charge is 0.481 e. The van der Waals surface area contributed by atoms with Crippen molar-refractivity contribution in [1.29, 1.82) is 0 Å². The molecule has 37 heavy (non-hydrogen) atoms. The average molecular weight is 549 g/mol. The maximum absolute atomic E-state index is 12.6. The standard InChI is InChI=1S/C25H26Cl2N4O6/c1-13(2)37-9-3-8-29-21-22(24(35)23(21)34)31-18(10-19(32)33)14-4-6-15(7-5-14)30-25(36)20-16(26)11-28-12-17(20)27/h4-7,11-13,18,29,31H,3,8-10H2,1-2H3,(H,30,36)(H,32,33)/t18-/m0/s1. The lowest BCUT2D eigenvalue weighted by Crippen LogP contribution is -2.38. The van der Waals surface area contributed by atoms with E-state index in [9.17, 15) is 24.3 Å². The molecule has 0 aliphatic carbocycles. The van der Waals surface area contributed by atoms with Crippen molar-refractivity contribution in [2.75, 3.05) is 29.1 Å². The number of pyridine rings is 1. The molecule has 12 heteroatoms. The van der Waals surface area contributed by atoms with Gasteiger partial charge in [-0.05, 0) is 38.0 Å². The lowest BCUT2D eigenvalue weighted by atomic mass is 10.0. The summed E-state index contributed by atoms with van der Waals surface area (Å²) in [5, 5.41) is 18.1. The third-order valence-electron chi connectivity index (χ3n) is 5.33. The van der Waals surface area contributed by atoms with Crippen molar-refractivity contribution in [2.45, 2.75) is 38.8 Å². The summed E-state index contributed by atoms with van der Waals surface area (Å²) in [5.74, 6) is -1.64. The Labute approximate surface area is 222 Å². The highest BCUT2D eigenvalue weighted by Crippen LogP contribution is 2.28. The van der Waals surface area contributed by atoms with Gasteiger partial charge in [-0.2, -0.15) is 0 Å². The van der Waals surface area contributed by atoms with E-state index < -0.39 is 28.8 Å². The van der Waals surface area contributed by atoms with Crippen LogP contribution in [-0.2, 0) is 9.53 Å². The predicted octanol–water partition coefficient (Wildman–Crippen LogP) is 4.09. The number of amides is 1. The van der Waals surface area contributed by atoms with Crippen molar-refractivity contribution in [1.82, 2.24) is 4.98 Å². The Morgan fingerprint density at radius 3 is 2.24 bits per heavy atom. The highest BCUT2D eigenvalue weighted by Gasteiger charge is 2.25. The van der Waals surface area contributed by atoms with E-state index in [1.165, 1.54) is 12.4 Å². The number of aliphatic carboxylic acids is 1. The molecule has 0 radical (unpaired) electrons. The van der Waals surface area contributed by atoms with E-state index in [2.05, 4.69) is 20.9 Å². The Bertz CT molecular complexity index is 1320. The minimum absolute atomic E-state index is 0.0420. The summed E-state index contributed by atoms with van der Waals surface area (Å²) in [4.78, 5) is 52.2. The fourth-order valence-electron chi connectivity index (χ4n) is 3.52. The highest BCUT2D eigenvalue weighted by molar-refractivity contribution is 6.40. The molecular formula is C25H26Cl2N4O6. The first-order chi connectivity index (χ1) is 17.6. The van der Waals surface area contributed by atoms with E-state index in [4.69, 9.17) is 27.9 Å². The topological polar surface area (TPSA) is 147 Å². The van der Waals surface area contributed by atoms with E-state index in [1.807, 2.05) is 13.8 Å². The van der Waals surface area contributed by atoms with Gasteiger partial charge in [0.1, 0.15) is 11.4 Å². The van der Waals surface area contributed by atoms with Crippen LogP contribution in [0.5, 0.6) is 0 Å². The van der Waals surface area contributed by atoms with Crippen LogP contribution in [0.4, 0.5) is 17.1 Å². The lowest BCUT2D eigenvalue weighted by molar-refractivity contribution is -0.137. The highest BCUT2D eigenvalue weighted by atomic mass is 35.5. The first-order valence-electron chi connectivity index (χ1n) is 11.5. The molecule has 1 amide bonds. The summed E-state index contributed by atoms with van der Waals surface area (Å²) in [6.45, 7) is 4.74. The van der Waals surface area contributed by atoms with Crippen LogP contribution >= 0.6 is 23.2 Å². The molecule has 3 aromatic rings. The number of rotatable bonds is 13. The average Bonchev–Trinajstić information content (AvgIpc) is 2.84. The van der Waals surface area contributed by atoms with Crippen molar-refractivity contribution in [3.63, 3.8) is 0 Å². The zero-order valence-electron chi connectivity index (χ0n) is 20.1. The third kappa shape index (κ3) is 7.28. The molecule has 3 rings (SSSR count). The number of hydrogen-bond acceptors (Lipinski definition) is 8. The quantitative estimate of drug-likeness (QED) is 0.183. The molecule has 0 spiro atoms. The van der Waals surface area contributed by atoms with Gasteiger partial charge >= 0.3 is 5.97 Å². The van der Waals surface area contributed by atoms with E-state index in [-0.39, 0.29) is 39.5 Å². The van der Waals surface area contributed by atoms with Gasteiger partial charge in [-0.15, -0.1) is 0 Å². The van der Waals surface area contributed by atoms with Gasteiger partial charge in [0, 0.05) is 31.2 Å². The van der Waals surface area contributed by atoms with Gasteiger partial charge in [-0.3, -0.25) is 24.2 Å². The second-order valence-electron chi connectivity index (χ2n) is 8.46. The summed E-state index contributed by atoms with van der Waals surface area (Å²) < 4.78 is 5.46. The maximum atomic E-state index is 12.6. The normalized spacial score (nSPS) is 11.9. The number of carboxylic acids is 1. The van der Waals surface area contributed by atoms with Gasteiger partial charge in [0.25, 0.3) is 16.8 Å². The Morgan fingerprint density at radius 1 is 1.03 bits per heavy atom.